The summed E-state index contributed by atoms with van der Waals surface area (Å²) in [6.07, 6.45) is 1.64. The van der Waals surface area contributed by atoms with E-state index in [2.05, 4.69) is 0 Å². The van der Waals surface area contributed by atoms with Crippen molar-refractivity contribution in [1.29, 1.82) is 0 Å². The summed E-state index contributed by atoms with van der Waals surface area (Å²) >= 11 is 11.9. The van der Waals surface area contributed by atoms with Gasteiger partial charge in [-0.3, -0.25) is 4.79 Å². The Balaban J connectivity index is 1.74. The number of furan rings is 1. The van der Waals surface area contributed by atoms with Crippen LogP contribution < -0.4 is 4.74 Å². The highest BCUT2D eigenvalue weighted by atomic mass is 35.5. The molecule has 0 aliphatic rings. The summed E-state index contributed by atoms with van der Waals surface area (Å²) in [5.41, 5.74) is 2.50. The first-order valence-electron chi connectivity index (χ1n) is 7.76. The molecule has 0 amide bonds. The van der Waals surface area contributed by atoms with E-state index in [9.17, 15) is 4.79 Å². The number of nitrogens with zero attached hydrogens (tertiary/aromatic N) is 1. The first-order chi connectivity index (χ1) is 12.0. The maximum atomic E-state index is 12.6. The van der Waals surface area contributed by atoms with E-state index in [1.165, 1.54) is 0 Å². The lowest BCUT2D eigenvalue weighted by molar-refractivity contribution is 0.0921. The highest BCUT2D eigenvalue weighted by Gasteiger charge is 2.17. The Morgan fingerprint density at radius 2 is 2.00 bits per heavy atom. The topological polar surface area (TPSA) is 44.4 Å². The number of aryl methyl sites for hydroxylation is 1. The molecule has 0 unspecified atom stereocenters. The van der Waals surface area contributed by atoms with E-state index < -0.39 is 0 Å². The number of carbonyl (C=O) groups is 1. The van der Waals surface area contributed by atoms with Gasteiger partial charge in [0.25, 0.3) is 0 Å². The largest absolute Gasteiger partial charge is 0.484 e. The third-order valence-electron chi connectivity index (χ3n) is 4.02. The predicted octanol–water partition coefficient (Wildman–Crippen LogP) is 5.31. The maximum absolute atomic E-state index is 12.6. The van der Waals surface area contributed by atoms with Crippen LogP contribution in [0.1, 0.15) is 27.5 Å². The highest BCUT2D eigenvalue weighted by Crippen LogP contribution is 2.28. The molecule has 0 spiro atoms. The van der Waals surface area contributed by atoms with Crippen LogP contribution in [-0.2, 0) is 6.54 Å². The van der Waals surface area contributed by atoms with Gasteiger partial charge in [0.2, 0.25) is 5.78 Å². The Kier molecular flexibility index (Phi) is 5.21. The van der Waals surface area contributed by atoms with Crippen molar-refractivity contribution in [1.82, 2.24) is 4.57 Å². The molecule has 25 heavy (non-hydrogen) atoms. The number of carbonyl (C=O) groups excluding carboxylic acids is 1. The standard InChI is InChI=1S/C19H17Cl2NO3/c1-12-8-16(13(2)22(12)10-15-4-3-7-24-15)18(23)11-25-19-6-5-14(20)9-17(19)21/h3-9H,10-11H2,1-2H3. The number of rotatable bonds is 6. The second kappa shape index (κ2) is 7.38. The van der Waals surface area contributed by atoms with Crippen molar-refractivity contribution in [3.05, 3.63) is 75.4 Å². The molecule has 0 aliphatic carbocycles. The summed E-state index contributed by atoms with van der Waals surface area (Å²) in [5.74, 6) is 1.17. The van der Waals surface area contributed by atoms with E-state index in [0.717, 1.165) is 17.1 Å². The molecule has 4 nitrogen and oxygen atoms in total. The lowest BCUT2D eigenvalue weighted by atomic mass is 10.1. The minimum Gasteiger partial charge on any atom is -0.484 e. The maximum Gasteiger partial charge on any atom is 0.202 e. The molecule has 0 bridgehead atoms. The monoisotopic (exact) mass is 377 g/mol. The molecule has 0 N–H and O–H groups in total. The zero-order valence-corrected chi connectivity index (χ0v) is 15.4. The van der Waals surface area contributed by atoms with Crippen molar-refractivity contribution >= 4 is 29.0 Å². The van der Waals surface area contributed by atoms with Gasteiger partial charge in [-0.1, -0.05) is 23.2 Å². The zero-order valence-electron chi connectivity index (χ0n) is 13.9. The van der Waals surface area contributed by atoms with E-state index in [4.69, 9.17) is 32.4 Å². The van der Waals surface area contributed by atoms with Gasteiger partial charge >= 0.3 is 0 Å². The van der Waals surface area contributed by atoms with E-state index in [-0.39, 0.29) is 12.4 Å². The third kappa shape index (κ3) is 3.91. The molecule has 0 radical (unpaired) electrons. The van der Waals surface area contributed by atoms with Gasteiger partial charge in [0.05, 0.1) is 17.8 Å². The van der Waals surface area contributed by atoms with Gasteiger partial charge in [-0.05, 0) is 50.2 Å². The molecule has 6 heteroatoms. The van der Waals surface area contributed by atoms with Crippen molar-refractivity contribution in [3.63, 3.8) is 0 Å². The minimum absolute atomic E-state index is 0.0909. The van der Waals surface area contributed by atoms with Crippen molar-refractivity contribution in [2.75, 3.05) is 6.61 Å². The zero-order chi connectivity index (χ0) is 18.0. The number of ketones is 1. The minimum atomic E-state index is -0.107. The fourth-order valence-electron chi connectivity index (χ4n) is 2.70. The molecule has 0 atom stereocenters. The number of benzene rings is 1. The smallest absolute Gasteiger partial charge is 0.202 e. The Morgan fingerprint density at radius 3 is 2.68 bits per heavy atom. The van der Waals surface area contributed by atoms with Gasteiger partial charge in [-0.15, -0.1) is 0 Å². The Morgan fingerprint density at radius 1 is 1.20 bits per heavy atom. The van der Waals surface area contributed by atoms with Crippen LogP contribution in [0, 0.1) is 13.8 Å². The number of hydrogen-bond acceptors (Lipinski definition) is 3. The average molecular weight is 378 g/mol. The molecule has 130 valence electrons. The summed E-state index contributed by atoms with van der Waals surface area (Å²) in [4.78, 5) is 12.6. The fraction of sp³-hybridized carbons (Fsp3) is 0.211. The average Bonchev–Trinajstić information content (AvgIpc) is 3.17. The van der Waals surface area contributed by atoms with Crippen LogP contribution in [-0.4, -0.2) is 17.0 Å². The van der Waals surface area contributed by atoms with E-state index in [1.807, 2.05) is 36.6 Å². The van der Waals surface area contributed by atoms with E-state index in [0.29, 0.717) is 27.9 Å². The SMILES string of the molecule is Cc1cc(C(=O)COc2ccc(Cl)cc2Cl)c(C)n1Cc1ccco1. The molecule has 0 aliphatic heterocycles. The number of Topliss-reactive ketones (excluding diaryl/α,β-unsaturated/α-hetero) is 1. The van der Waals surface area contributed by atoms with Crippen molar-refractivity contribution in [2.45, 2.75) is 20.4 Å². The van der Waals surface area contributed by atoms with Crippen molar-refractivity contribution in [2.24, 2.45) is 0 Å². The summed E-state index contributed by atoms with van der Waals surface area (Å²) < 4.78 is 13.0. The predicted molar refractivity (Wildman–Crippen MR) is 98.0 cm³/mol. The van der Waals surface area contributed by atoms with Crippen LogP contribution in [0.15, 0.2) is 47.1 Å². The quantitative estimate of drug-likeness (QED) is 0.546. The van der Waals surface area contributed by atoms with Gasteiger partial charge in [-0.25, -0.2) is 0 Å². The lowest BCUT2D eigenvalue weighted by Crippen LogP contribution is -2.13. The molecule has 3 aromatic rings. The van der Waals surface area contributed by atoms with Crippen molar-refractivity contribution in [3.8, 4) is 5.75 Å². The molecule has 2 heterocycles. The molecular weight excluding hydrogens is 361 g/mol. The van der Waals surface area contributed by atoms with Crippen LogP contribution in [0.25, 0.3) is 0 Å². The van der Waals surface area contributed by atoms with Crippen LogP contribution in [0.3, 0.4) is 0 Å². The van der Waals surface area contributed by atoms with E-state index >= 15 is 0 Å². The Labute approximate surface area is 155 Å². The highest BCUT2D eigenvalue weighted by molar-refractivity contribution is 6.35. The number of ether oxygens (including phenoxy) is 1. The fourth-order valence-corrected chi connectivity index (χ4v) is 3.16. The van der Waals surface area contributed by atoms with Crippen molar-refractivity contribution < 1.29 is 13.9 Å². The number of aromatic nitrogens is 1. The summed E-state index contributed by atoms with van der Waals surface area (Å²) in [5, 5.41) is 0.897. The van der Waals surface area contributed by atoms with E-state index in [1.54, 1.807) is 24.5 Å². The molecule has 0 fully saturated rings. The Hall–Kier alpha value is -2.17. The lowest BCUT2D eigenvalue weighted by Gasteiger charge is -2.09. The normalized spacial score (nSPS) is 10.9. The molecular formula is C19H17Cl2NO3. The molecule has 0 saturated heterocycles. The van der Waals surface area contributed by atoms with Gasteiger partial charge in [-0.2, -0.15) is 0 Å². The number of halogens is 2. The van der Waals surface area contributed by atoms with Crippen LogP contribution in [0.4, 0.5) is 0 Å². The molecule has 2 aromatic heterocycles. The van der Waals surface area contributed by atoms with Gasteiger partial charge in [0.15, 0.2) is 6.61 Å². The Bertz CT molecular complexity index is 898. The second-order valence-electron chi connectivity index (χ2n) is 5.74. The van der Waals surface area contributed by atoms with Gasteiger partial charge in [0, 0.05) is 22.0 Å². The van der Waals surface area contributed by atoms with Crippen LogP contribution in [0.5, 0.6) is 5.75 Å². The van der Waals surface area contributed by atoms with Crippen LogP contribution >= 0.6 is 23.2 Å². The summed E-state index contributed by atoms with van der Waals surface area (Å²) in [7, 11) is 0. The summed E-state index contributed by atoms with van der Waals surface area (Å²) in [6, 6.07) is 10.5. The third-order valence-corrected chi connectivity index (χ3v) is 4.55. The van der Waals surface area contributed by atoms with Gasteiger partial charge < -0.3 is 13.7 Å². The molecule has 0 saturated carbocycles. The first-order valence-corrected chi connectivity index (χ1v) is 8.51. The molecule has 1 aromatic carbocycles. The van der Waals surface area contributed by atoms with Crippen LogP contribution in [0.2, 0.25) is 10.0 Å². The number of hydrogen-bond donors (Lipinski definition) is 0. The molecule has 3 rings (SSSR count). The van der Waals surface area contributed by atoms with Gasteiger partial charge in [0.1, 0.15) is 11.5 Å². The first kappa shape index (κ1) is 17.6. The second-order valence-corrected chi connectivity index (χ2v) is 6.58. The summed E-state index contributed by atoms with van der Waals surface area (Å²) in [6.45, 7) is 4.37.